The van der Waals surface area contributed by atoms with Gasteiger partial charge < -0.3 is 10.4 Å². The summed E-state index contributed by atoms with van der Waals surface area (Å²) >= 11 is 0. The molecule has 2 saturated carbocycles. The van der Waals surface area contributed by atoms with Crippen LogP contribution >= 0.6 is 0 Å². The van der Waals surface area contributed by atoms with E-state index in [9.17, 15) is 9.59 Å². The first-order valence-corrected chi connectivity index (χ1v) is 7.78. The summed E-state index contributed by atoms with van der Waals surface area (Å²) < 4.78 is 0. The molecule has 2 unspecified atom stereocenters. The minimum Gasteiger partial charge on any atom is -0.480 e. The zero-order chi connectivity index (χ0) is 14.5. The Bertz CT molecular complexity index is 355. The first-order valence-electron chi connectivity index (χ1n) is 7.78. The van der Waals surface area contributed by atoms with Gasteiger partial charge in [-0.25, -0.2) is 0 Å². The molecule has 0 heterocycles. The molecule has 20 heavy (non-hydrogen) atoms. The number of hydrogen-bond acceptors (Lipinski definition) is 3. The highest BCUT2D eigenvalue weighted by atomic mass is 16.4. The summed E-state index contributed by atoms with van der Waals surface area (Å²) in [5.41, 5.74) is 0. The highest BCUT2D eigenvalue weighted by Gasteiger charge is 2.28. The maximum Gasteiger partial charge on any atom is 0.317 e. The van der Waals surface area contributed by atoms with Crippen LogP contribution in [0.4, 0.5) is 0 Å². The van der Waals surface area contributed by atoms with Crippen molar-refractivity contribution in [2.24, 2.45) is 11.8 Å². The molecule has 0 aliphatic heterocycles. The van der Waals surface area contributed by atoms with Crippen LogP contribution in [0, 0.1) is 11.8 Å². The Balaban J connectivity index is 1.78. The minimum absolute atomic E-state index is 0.0225. The monoisotopic (exact) mass is 282 g/mol. The number of rotatable bonds is 7. The van der Waals surface area contributed by atoms with E-state index in [4.69, 9.17) is 5.11 Å². The largest absolute Gasteiger partial charge is 0.480 e. The van der Waals surface area contributed by atoms with Crippen molar-refractivity contribution in [1.29, 1.82) is 0 Å². The molecule has 0 bridgehead atoms. The van der Waals surface area contributed by atoms with Crippen molar-refractivity contribution < 1.29 is 14.7 Å². The van der Waals surface area contributed by atoms with Crippen LogP contribution in [0.25, 0.3) is 0 Å². The van der Waals surface area contributed by atoms with Crippen LogP contribution in [0.3, 0.4) is 0 Å². The van der Waals surface area contributed by atoms with E-state index in [0.29, 0.717) is 11.8 Å². The molecule has 2 aliphatic carbocycles. The fourth-order valence-corrected chi connectivity index (χ4v) is 3.03. The normalized spacial score (nSPS) is 26.5. The predicted octanol–water partition coefficient (Wildman–Crippen LogP) is 1.48. The number of hydrogen-bond donors (Lipinski definition) is 2. The van der Waals surface area contributed by atoms with Gasteiger partial charge in [-0.05, 0) is 37.5 Å². The van der Waals surface area contributed by atoms with Crippen LogP contribution in [0.5, 0.6) is 0 Å². The molecule has 0 aromatic carbocycles. The summed E-state index contributed by atoms with van der Waals surface area (Å²) in [6.07, 6.45) is 6.98. The second-order valence-corrected chi connectivity index (χ2v) is 6.44. The Morgan fingerprint density at radius 3 is 2.45 bits per heavy atom. The zero-order valence-electron chi connectivity index (χ0n) is 12.3. The van der Waals surface area contributed by atoms with Gasteiger partial charge in [-0.3, -0.25) is 14.5 Å². The second-order valence-electron chi connectivity index (χ2n) is 6.44. The topological polar surface area (TPSA) is 69.6 Å². The maximum atomic E-state index is 12.1. The van der Waals surface area contributed by atoms with Crippen LogP contribution in [0.2, 0.25) is 0 Å². The SMILES string of the molecule is CC1CCCCC1NC(=O)CN(CC(=O)O)CC1CC1. The van der Waals surface area contributed by atoms with Gasteiger partial charge in [-0.1, -0.05) is 19.8 Å². The third-order valence-corrected chi connectivity index (χ3v) is 4.40. The van der Waals surface area contributed by atoms with Gasteiger partial charge in [0.05, 0.1) is 13.1 Å². The molecule has 2 aliphatic rings. The Morgan fingerprint density at radius 2 is 1.85 bits per heavy atom. The lowest BCUT2D eigenvalue weighted by atomic mass is 9.86. The number of amides is 1. The Hall–Kier alpha value is -1.10. The van der Waals surface area contributed by atoms with Gasteiger partial charge in [0, 0.05) is 12.6 Å². The van der Waals surface area contributed by atoms with Crippen molar-refractivity contribution in [3.8, 4) is 0 Å². The van der Waals surface area contributed by atoms with Crippen molar-refractivity contribution in [2.75, 3.05) is 19.6 Å². The number of carbonyl (C=O) groups is 2. The van der Waals surface area contributed by atoms with Gasteiger partial charge in [0.1, 0.15) is 0 Å². The van der Waals surface area contributed by atoms with Gasteiger partial charge >= 0.3 is 5.97 Å². The fourth-order valence-electron chi connectivity index (χ4n) is 3.03. The van der Waals surface area contributed by atoms with Crippen molar-refractivity contribution in [3.63, 3.8) is 0 Å². The third kappa shape index (κ3) is 5.12. The van der Waals surface area contributed by atoms with E-state index in [-0.39, 0.29) is 25.0 Å². The third-order valence-electron chi connectivity index (χ3n) is 4.40. The molecule has 114 valence electrons. The van der Waals surface area contributed by atoms with E-state index in [2.05, 4.69) is 12.2 Å². The molecular formula is C15H26N2O3. The summed E-state index contributed by atoms with van der Waals surface area (Å²) in [6, 6.07) is 0.267. The van der Waals surface area contributed by atoms with Gasteiger partial charge in [0.25, 0.3) is 0 Å². The van der Waals surface area contributed by atoms with Gasteiger partial charge in [-0.2, -0.15) is 0 Å². The first kappa shape index (κ1) is 15.3. The summed E-state index contributed by atoms with van der Waals surface area (Å²) in [6.45, 7) is 3.10. The number of carboxylic acid groups (broad SMARTS) is 1. The van der Waals surface area contributed by atoms with E-state index >= 15 is 0 Å². The molecule has 0 radical (unpaired) electrons. The van der Waals surface area contributed by atoms with Gasteiger partial charge in [0.2, 0.25) is 5.91 Å². The summed E-state index contributed by atoms with van der Waals surface area (Å²) in [5, 5.41) is 12.0. The molecule has 0 spiro atoms. The van der Waals surface area contributed by atoms with E-state index in [1.54, 1.807) is 4.90 Å². The maximum absolute atomic E-state index is 12.1. The van der Waals surface area contributed by atoms with Gasteiger partial charge in [0.15, 0.2) is 0 Å². The number of carboxylic acids is 1. The summed E-state index contributed by atoms with van der Waals surface area (Å²) in [5.74, 6) is 0.245. The van der Waals surface area contributed by atoms with Crippen molar-refractivity contribution >= 4 is 11.9 Å². The average molecular weight is 282 g/mol. The van der Waals surface area contributed by atoms with Crippen LogP contribution in [0.15, 0.2) is 0 Å². The lowest BCUT2D eigenvalue weighted by Gasteiger charge is -2.30. The van der Waals surface area contributed by atoms with Crippen molar-refractivity contribution in [3.05, 3.63) is 0 Å². The standard InChI is InChI=1S/C15H26N2O3/c1-11-4-2-3-5-13(11)16-14(18)9-17(10-15(19)20)8-12-6-7-12/h11-13H,2-10H2,1H3,(H,16,18)(H,19,20). The molecule has 1 amide bonds. The van der Waals surface area contributed by atoms with Crippen LogP contribution in [-0.2, 0) is 9.59 Å². The summed E-state index contributed by atoms with van der Waals surface area (Å²) in [7, 11) is 0. The lowest BCUT2D eigenvalue weighted by molar-refractivity contribution is -0.138. The van der Waals surface area contributed by atoms with Crippen molar-refractivity contribution in [1.82, 2.24) is 10.2 Å². The number of nitrogens with one attached hydrogen (secondary N) is 1. The molecule has 0 aromatic rings. The van der Waals surface area contributed by atoms with Crippen LogP contribution < -0.4 is 5.32 Å². The highest BCUT2D eigenvalue weighted by Crippen LogP contribution is 2.29. The Labute approximate surface area is 120 Å². The number of aliphatic carboxylic acids is 1. The number of carbonyl (C=O) groups excluding carboxylic acids is 1. The molecular weight excluding hydrogens is 256 g/mol. The molecule has 2 fully saturated rings. The Kier molecular flexibility index (Phi) is 5.40. The Morgan fingerprint density at radius 1 is 1.15 bits per heavy atom. The molecule has 5 nitrogen and oxygen atoms in total. The highest BCUT2D eigenvalue weighted by molar-refractivity contribution is 5.79. The second kappa shape index (κ2) is 7.07. The minimum atomic E-state index is -0.857. The van der Waals surface area contributed by atoms with Gasteiger partial charge in [-0.15, -0.1) is 0 Å². The molecule has 2 rings (SSSR count). The lowest BCUT2D eigenvalue weighted by Crippen LogP contribution is -2.47. The van der Waals surface area contributed by atoms with E-state index in [1.807, 2.05) is 0 Å². The molecule has 2 atom stereocenters. The number of nitrogens with zero attached hydrogens (tertiary/aromatic N) is 1. The summed E-state index contributed by atoms with van der Waals surface area (Å²) in [4.78, 5) is 24.7. The van der Waals surface area contributed by atoms with E-state index < -0.39 is 5.97 Å². The first-order chi connectivity index (χ1) is 9.54. The quantitative estimate of drug-likeness (QED) is 0.742. The molecule has 2 N–H and O–H groups in total. The predicted molar refractivity (Wildman–Crippen MR) is 76.4 cm³/mol. The smallest absolute Gasteiger partial charge is 0.317 e. The zero-order valence-corrected chi connectivity index (χ0v) is 12.3. The molecule has 0 aromatic heterocycles. The van der Waals surface area contributed by atoms with E-state index in [1.165, 1.54) is 19.3 Å². The average Bonchev–Trinajstić information content (AvgIpc) is 3.15. The van der Waals surface area contributed by atoms with Crippen molar-refractivity contribution in [2.45, 2.75) is 51.5 Å². The van der Waals surface area contributed by atoms with Crippen LogP contribution in [-0.4, -0.2) is 47.6 Å². The fraction of sp³-hybridized carbons (Fsp3) is 0.867. The van der Waals surface area contributed by atoms with Crippen LogP contribution in [0.1, 0.15) is 45.4 Å². The van der Waals surface area contributed by atoms with E-state index in [0.717, 1.165) is 25.8 Å². The molecule has 0 saturated heterocycles. The molecule has 5 heteroatoms.